The van der Waals surface area contributed by atoms with Gasteiger partial charge >= 0.3 is 0 Å². The van der Waals surface area contributed by atoms with Gasteiger partial charge in [-0.2, -0.15) is 5.10 Å². The zero-order chi connectivity index (χ0) is 13.4. The molecule has 0 atom stereocenters. The lowest BCUT2D eigenvalue weighted by molar-refractivity contribution is 0.863. The Kier molecular flexibility index (Phi) is 2.96. The number of nitrogens with two attached hydrogens (primary N) is 1. The molecule has 1 aromatic carbocycles. The van der Waals surface area contributed by atoms with E-state index < -0.39 is 0 Å². The molecule has 0 spiro atoms. The molecule has 2 heterocycles. The number of para-hydroxylation sites is 1. The van der Waals surface area contributed by atoms with Crippen molar-refractivity contribution in [1.29, 1.82) is 0 Å². The normalized spacial score (nSPS) is 10.8. The topological polar surface area (TPSA) is 69.6 Å². The van der Waals surface area contributed by atoms with Gasteiger partial charge in [-0.25, -0.2) is 4.68 Å². The maximum absolute atomic E-state index is 6.41. The minimum Gasteiger partial charge on any atom is -0.374 e. The molecule has 0 saturated carbocycles. The maximum atomic E-state index is 6.41. The molecule has 5 nitrogen and oxygen atoms in total. The fourth-order valence-corrected chi connectivity index (χ4v) is 2.94. The predicted molar refractivity (Wildman–Crippen MR) is 76.6 cm³/mol. The molecule has 2 aromatic heterocycles. The van der Waals surface area contributed by atoms with Gasteiger partial charge in [0.25, 0.3) is 0 Å². The van der Waals surface area contributed by atoms with Crippen LogP contribution >= 0.6 is 22.9 Å². The maximum Gasteiger partial charge on any atom is 0.203 e. The molecule has 0 saturated heterocycles. The largest absolute Gasteiger partial charge is 0.374 e. The third-order valence-corrected chi connectivity index (χ3v) is 3.78. The highest BCUT2D eigenvalue weighted by atomic mass is 35.5. The molecule has 0 amide bonds. The van der Waals surface area contributed by atoms with E-state index in [0.717, 1.165) is 16.9 Å². The van der Waals surface area contributed by atoms with Crippen LogP contribution in [0.25, 0.3) is 16.3 Å². The quantitative estimate of drug-likeness (QED) is 0.788. The molecule has 3 aromatic rings. The summed E-state index contributed by atoms with van der Waals surface area (Å²) in [5, 5.41) is 13.9. The van der Waals surface area contributed by atoms with Crippen molar-refractivity contribution in [3.8, 4) is 16.3 Å². The Bertz CT molecular complexity index is 719. The minimum atomic E-state index is 0.415. The van der Waals surface area contributed by atoms with Crippen LogP contribution in [0.2, 0.25) is 5.15 Å². The first-order valence-electron chi connectivity index (χ1n) is 5.56. The van der Waals surface area contributed by atoms with Crippen molar-refractivity contribution in [2.75, 3.05) is 5.73 Å². The summed E-state index contributed by atoms with van der Waals surface area (Å²) in [5.74, 6) is 0. The third kappa shape index (κ3) is 2.09. The summed E-state index contributed by atoms with van der Waals surface area (Å²) in [7, 11) is 0. The van der Waals surface area contributed by atoms with Gasteiger partial charge in [-0.3, -0.25) is 0 Å². The number of aromatic nitrogens is 4. The van der Waals surface area contributed by atoms with Gasteiger partial charge in [0.1, 0.15) is 5.15 Å². The van der Waals surface area contributed by atoms with Crippen LogP contribution in [0.4, 0.5) is 5.13 Å². The van der Waals surface area contributed by atoms with E-state index in [2.05, 4.69) is 15.3 Å². The van der Waals surface area contributed by atoms with Crippen molar-refractivity contribution >= 4 is 28.1 Å². The predicted octanol–water partition coefficient (Wildman–Crippen LogP) is 2.93. The van der Waals surface area contributed by atoms with Gasteiger partial charge in [0, 0.05) is 0 Å². The molecular formula is C12H10ClN5S. The second-order valence-electron chi connectivity index (χ2n) is 3.94. The molecule has 0 bridgehead atoms. The van der Waals surface area contributed by atoms with E-state index in [9.17, 15) is 0 Å². The van der Waals surface area contributed by atoms with Gasteiger partial charge in [-0.1, -0.05) is 41.1 Å². The molecule has 19 heavy (non-hydrogen) atoms. The number of benzene rings is 1. The monoisotopic (exact) mass is 291 g/mol. The highest BCUT2D eigenvalue weighted by Crippen LogP contribution is 2.34. The number of halogens is 1. The van der Waals surface area contributed by atoms with Crippen molar-refractivity contribution < 1.29 is 0 Å². The summed E-state index contributed by atoms with van der Waals surface area (Å²) in [6.07, 6.45) is 0. The number of anilines is 1. The Labute approximate surface area is 118 Å². The lowest BCUT2D eigenvalue weighted by Crippen LogP contribution is -1.95. The van der Waals surface area contributed by atoms with Crippen LogP contribution in [-0.2, 0) is 0 Å². The van der Waals surface area contributed by atoms with Crippen molar-refractivity contribution in [1.82, 2.24) is 20.0 Å². The molecular weight excluding hydrogens is 282 g/mol. The third-order valence-electron chi connectivity index (χ3n) is 2.66. The van der Waals surface area contributed by atoms with Gasteiger partial charge in [-0.15, -0.1) is 10.2 Å². The molecule has 0 radical (unpaired) electrons. The Balaban J connectivity index is 2.16. The van der Waals surface area contributed by atoms with E-state index >= 15 is 0 Å². The van der Waals surface area contributed by atoms with E-state index in [1.165, 1.54) is 11.3 Å². The van der Waals surface area contributed by atoms with Gasteiger partial charge in [0.15, 0.2) is 5.01 Å². The van der Waals surface area contributed by atoms with Crippen molar-refractivity contribution in [3.05, 3.63) is 41.2 Å². The summed E-state index contributed by atoms with van der Waals surface area (Å²) >= 11 is 7.70. The summed E-state index contributed by atoms with van der Waals surface area (Å²) in [6, 6.07) is 9.70. The summed E-state index contributed by atoms with van der Waals surface area (Å²) < 4.78 is 1.68. The molecule has 96 valence electrons. The fraction of sp³-hybridized carbons (Fsp3) is 0.0833. The smallest absolute Gasteiger partial charge is 0.203 e. The summed E-state index contributed by atoms with van der Waals surface area (Å²) in [4.78, 5) is 0. The van der Waals surface area contributed by atoms with Gasteiger partial charge < -0.3 is 5.73 Å². The van der Waals surface area contributed by atoms with Crippen LogP contribution in [0.3, 0.4) is 0 Å². The standard InChI is InChI=1S/C12H10ClN5S/c1-7-9(11-15-16-12(14)19-11)10(13)18(17-7)8-5-3-2-4-6-8/h2-6H,1H3,(H2,14,16). The number of aryl methyl sites for hydroxylation is 1. The van der Waals surface area contributed by atoms with E-state index in [1.807, 2.05) is 37.3 Å². The zero-order valence-electron chi connectivity index (χ0n) is 10.0. The average molecular weight is 292 g/mol. The minimum absolute atomic E-state index is 0.415. The second-order valence-corrected chi connectivity index (χ2v) is 5.31. The molecule has 3 rings (SSSR count). The Morgan fingerprint density at radius 3 is 2.58 bits per heavy atom. The molecule has 7 heteroatoms. The lowest BCUT2D eigenvalue weighted by atomic mass is 10.3. The van der Waals surface area contributed by atoms with E-state index in [0.29, 0.717) is 15.3 Å². The Morgan fingerprint density at radius 1 is 1.21 bits per heavy atom. The fourth-order valence-electron chi connectivity index (χ4n) is 1.82. The zero-order valence-corrected chi connectivity index (χ0v) is 11.6. The highest BCUT2D eigenvalue weighted by Gasteiger charge is 2.19. The first kappa shape index (κ1) is 12.1. The second kappa shape index (κ2) is 4.64. The number of hydrogen-bond donors (Lipinski definition) is 1. The van der Waals surface area contributed by atoms with E-state index in [1.54, 1.807) is 4.68 Å². The molecule has 0 fully saturated rings. The highest BCUT2D eigenvalue weighted by molar-refractivity contribution is 7.18. The molecule has 0 aliphatic carbocycles. The van der Waals surface area contributed by atoms with Gasteiger partial charge in [0.2, 0.25) is 5.13 Å². The number of nitrogens with zero attached hydrogens (tertiary/aromatic N) is 4. The van der Waals surface area contributed by atoms with Crippen LogP contribution in [0.5, 0.6) is 0 Å². The van der Waals surface area contributed by atoms with Crippen molar-refractivity contribution in [3.63, 3.8) is 0 Å². The number of hydrogen-bond acceptors (Lipinski definition) is 5. The van der Waals surface area contributed by atoms with Crippen LogP contribution in [0.1, 0.15) is 5.69 Å². The number of rotatable bonds is 2. The summed E-state index contributed by atoms with van der Waals surface area (Å²) in [6.45, 7) is 1.89. The first-order valence-corrected chi connectivity index (χ1v) is 6.76. The van der Waals surface area contributed by atoms with E-state index in [-0.39, 0.29) is 0 Å². The Morgan fingerprint density at radius 2 is 1.95 bits per heavy atom. The van der Waals surface area contributed by atoms with Crippen LogP contribution in [-0.4, -0.2) is 20.0 Å². The SMILES string of the molecule is Cc1nn(-c2ccccc2)c(Cl)c1-c1nnc(N)s1. The Hall–Kier alpha value is -1.92. The van der Waals surface area contributed by atoms with Gasteiger partial charge in [-0.05, 0) is 19.1 Å². The lowest BCUT2D eigenvalue weighted by Gasteiger charge is -2.02. The van der Waals surface area contributed by atoms with Gasteiger partial charge in [0.05, 0.1) is 16.9 Å². The van der Waals surface area contributed by atoms with Crippen LogP contribution < -0.4 is 5.73 Å². The number of nitrogen functional groups attached to an aromatic ring is 1. The molecule has 0 aliphatic rings. The first-order chi connectivity index (χ1) is 9.16. The van der Waals surface area contributed by atoms with Crippen LogP contribution in [0, 0.1) is 6.92 Å². The molecule has 2 N–H and O–H groups in total. The van der Waals surface area contributed by atoms with Crippen molar-refractivity contribution in [2.45, 2.75) is 6.92 Å². The average Bonchev–Trinajstić information content (AvgIpc) is 2.95. The van der Waals surface area contributed by atoms with Crippen molar-refractivity contribution in [2.24, 2.45) is 0 Å². The molecule has 0 unspecified atom stereocenters. The van der Waals surface area contributed by atoms with Crippen LogP contribution in [0.15, 0.2) is 30.3 Å². The molecule has 0 aliphatic heterocycles. The van der Waals surface area contributed by atoms with E-state index in [4.69, 9.17) is 17.3 Å². The summed E-state index contributed by atoms with van der Waals surface area (Å²) in [5.41, 5.74) is 8.08.